The molecule has 1 rings (SSSR count). The van der Waals surface area contributed by atoms with Crippen molar-refractivity contribution in [3.05, 3.63) is 0 Å². The second kappa shape index (κ2) is 2.65. The lowest BCUT2D eigenvalue weighted by molar-refractivity contribution is 0.0444. The third-order valence-electron chi connectivity index (χ3n) is 1.18. The summed E-state index contributed by atoms with van der Waals surface area (Å²) in [6, 6.07) is 0. The molecule has 1 saturated carbocycles. The molecule has 11 heavy (non-hydrogen) atoms. The molecule has 0 saturated heterocycles. The molecule has 1 aliphatic carbocycles. The molecule has 6 nitrogen and oxygen atoms in total. The Morgan fingerprint density at radius 1 is 1.09 bits per heavy atom. The van der Waals surface area contributed by atoms with E-state index in [1.807, 2.05) is 0 Å². The molecule has 0 aromatic rings. The Labute approximate surface area is 61.3 Å². The molecule has 2 atom stereocenters. The highest BCUT2D eigenvalue weighted by atomic mass is 16.7. The van der Waals surface area contributed by atoms with Crippen LogP contribution in [0.25, 0.3) is 0 Å². The first kappa shape index (κ1) is 7.64. The number of carboxylic acid groups (broad SMARTS) is 2. The predicted molar refractivity (Wildman–Crippen MR) is 30.4 cm³/mol. The maximum absolute atomic E-state index is 9.86. The number of hydrogen-bond acceptors (Lipinski definition) is 4. The van der Waals surface area contributed by atoms with Gasteiger partial charge in [-0.2, -0.15) is 0 Å². The monoisotopic (exact) mass is 162 g/mol. The van der Waals surface area contributed by atoms with Crippen LogP contribution in [0.1, 0.15) is 6.42 Å². The van der Waals surface area contributed by atoms with Crippen LogP contribution in [0.3, 0.4) is 0 Å². The highest BCUT2D eigenvalue weighted by Gasteiger charge is 2.44. The van der Waals surface area contributed by atoms with Crippen molar-refractivity contribution in [3.8, 4) is 0 Å². The van der Waals surface area contributed by atoms with Crippen molar-refractivity contribution < 1.29 is 29.3 Å². The molecule has 2 N–H and O–H groups in total. The van der Waals surface area contributed by atoms with Crippen molar-refractivity contribution in [2.75, 3.05) is 0 Å². The van der Waals surface area contributed by atoms with Crippen LogP contribution in [0.2, 0.25) is 0 Å². The fourth-order valence-electron chi connectivity index (χ4n) is 0.657. The van der Waals surface area contributed by atoms with E-state index in [0.29, 0.717) is 6.42 Å². The summed E-state index contributed by atoms with van der Waals surface area (Å²) in [4.78, 5) is 19.7. The smallest absolute Gasteiger partial charge is 0.450 e. The van der Waals surface area contributed by atoms with Gasteiger partial charge < -0.3 is 19.7 Å². The lowest BCUT2D eigenvalue weighted by atomic mass is 10.8. The van der Waals surface area contributed by atoms with Gasteiger partial charge in [0.15, 0.2) is 0 Å². The lowest BCUT2D eigenvalue weighted by Gasteiger charge is -1.97. The van der Waals surface area contributed by atoms with E-state index in [4.69, 9.17) is 10.2 Å². The molecule has 0 aromatic heterocycles. The average Bonchev–Trinajstić information content (AvgIpc) is 2.43. The summed E-state index contributed by atoms with van der Waals surface area (Å²) < 4.78 is 8.41. The molecular weight excluding hydrogens is 156 g/mol. The van der Waals surface area contributed by atoms with Gasteiger partial charge >= 0.3 is 12.3 Å². The molecule has 0 heterocycles. The summed E-state index contributed by atoms with van der Waals surface area (Å²) in [6.45, 7) is 0. The maximum Gasteiger partial charge on any atom is 0.506 e. The summed E-state index contributed by atoms with van der Waals surface area (Å²) in [5, 5.41) is 16.1. The highest BCUT2D eigenvalue weighted by Crippen LogP contribution is 2.28. The molecule has 0 spiro atoms. The number of hydrogen-bond donors (Lipinski definition) is 2. The first-order valence-electron chi connectivity index (χ1n) is 2.88. The minimum absolute atomic E-state index is 0.318. The Hall–Kier alpha value is -1.46. The van der Waals surface area contributed by atoms with Crippen LogP contribution in [0.5, 0.6) is 0 Å². The zero-order chi connectivity index (χ0) is 8.43. The van der Waals surface area contributed by atoms with Crippen LogP contribution in [-0.2, 0) is 9.47 Å². The lowest BCUT2D eigenvalue weighted by Crippen LogP contribution is -2.10. The van der Waals surface area contributed by atoms with Crippen LogP contribution in [0.4, 0.5) is 9.59 Å². The fraction of sp³-hybridized carbons (Fsp3) is 0.600. The summed E-state index contributed by atoms with van der Waals surface area (Å²) in [6.07, 6.45) is -3.72. The molecule has 0 bridgehead atoms. The van der Waals surface area contributed by atoms with Gasteiger partial charge in [-0.3, -0.25) is 0 Å². The van der Waals surface area contributed by atoms with E-state index >= 15 is 0 Å². The SMILES string of the molecule is O=C(O)OC1CC1OC(=O)O. The number of ether oxygens (including phenoxy) is 2. The quantitative estimate of drug-likeness (QED) is 0.575. The molecule has 2 unspecified atom stereocenters. The largest absolute Gasteiger partial charge is 0.506 e. The van der Waals surface area contributed by atoms with Crippen molar-refractivity contribution in [2.45, 2.75) is 18.6 Å². The third-order valence-corrected chi connectivity index (χ3v) is 1.18. The first-order valence-corrected chi connectivity index (χ1v) is 2.88. The van der Waals surface area contributed by atoms with Crippen molar-refractivity contribution in [1.82, 2.24) is 0 Å². The molecule has 0 aromatic carbocycles. The van der Waals surface area contributed by atoms with Gasteiger partial charge in [0.05, 0.1) is 0 Å². The molecule has 6 heteroatoms. The summed E-state index contributed by atoms with van der Waals surface area (Å²) in [5.41, 5.74) is 0. The second-order valence-electron chi connectivity index (χ2n) is 2.08. The summed E-state index contributed by atoms with van der Waals surface area (Å²) in [5.74, 6) is 0. The van der Waals surface area contributed by atoms with E-state index in [1.54, 1.807) is 0 Å². The van der Waals surface area contributed by atoms with Crippen molar-refractivity contribution in [3.63, 3.8) is 0 Å². The van der Waals surface area contributed by atoms with E-state index in [9.17, 15) is 9.59 Å². The van der Waals surface area contributed by atoms with Crippen molar-refractivity contribution in [1.29, 1.82) is 0 Å². The average molecular weight is 162 g/mol. The Morgan fingerprint density at radius 2 is 1.45 bits per heavy atom. The molecule has 62 valence electrons. The van der Waals surface area contributed by atoms with E-state index in [-0.39, 0.29) is 0 Å². The van der Waals surface area contributed by atoms with E-state index < -0.39 is 24.5 Å². The van der Waals surface area contributed by atoms with Crippen LogP contribution < -0.4 is 0 Å². The van der Waals surface area contributed by atoms with Crippen molar-refractivity contribution in [2.24, 2.45) is 0 Å². The number of rotatable bonds is 2. The Balaban J connectivity index is 2.16. The molecule has 1 aliphatic rings. The maximum atomic E-state index is 9.86. The van der Waals surface area contributed by atoms with E-state index in [1.165, 1.54) is 0 Å². The Bertz CT molecular complexity index is 167. The third kappa shape index (κ3) is 2.32. The van der Waals surface area contributed by atoms with Crippen LogP contribution >= 0.6 is 0 Å². The van der Waals surface area contributed by atoms with Gasteiger partial charge in [0, 0.05) is 6.42 Å². The van der Waals surface area contributed by atoms with Gasteiger partial charge in [-0.25, -0.2) is 9.59 Å². The normalized spacial score (nSPS) is 27.3. The van der Waals surface area contributed by atoms with Gasteiger partial charge in [0.2, 0.25) is 0 Å². The molecule has 0 radical (unpaired) electrons. The molecule has 1 fully saturated rings. The Morgan fingerprint density at radius 3 is 1.73 bits per heavy atom. The fourth-order valence-corrected chi connectivity index (χ4v) is 0.657. The topological polar surface area (TPSA) is 93.1 Å². The van der Waals surface area contributed by atoms with E-state index in [2.05, 4.69) is 9.47 Å². The zero-order valence-electron chi connectivity index (χ0n) is 5.39. The standard InChI is InChI=1S/C5H6O6/c6-4(7)10-2-1-3(2)11-5(8)9/h2-3H,1H2,(H,6,7)(H,8,9). The van der Waals surface area contributed by atoms with Gasteiger partial charge in [0.25, 0.3) is 0 Å². The Kier molecular flexibility index (Phi) is 1.84. The summed E-state index contributed by atoms with van der Waals surface area (Å²) >= 11 is 0. The molecular formula is C5H6O6. The molecule has 0 aliphatic heterocycles. The van der Waals surface area contributed by atoms with Gasteiger partial charge in [-0.15, -0.1) is 0 Å². The molecule has 0 amide bonds. The minimum Gasteiger partial charge on any atom is -0.450 e. The predicted octanol–water partition coefficient (Wildman–Crippen LogP) is 0.516. The van der Waals surface area contributed by atoms with Gasteiger partial charge in [-0.1, -0.05) is 0 Å². The van der Waals surface area contributed by atoms with E-state index in [0.717, 1.165) is 0 Å². The highest BCUT2D eigenvalue weighted by molar-refractivity contribution is 5.59. The summed E-state index contributed by atoms with van der Waals surface area (Å²) in [7, 11) is 0. The first-order chi connectivity index (χ1) is 5.09. The van der Waals surface area contributed by atoms with Gasteiger partial charge in [0.1, 0.15) is 12.2 Å². The van der Waals surface area contributed by atoms with Gasteiger partial charge in [-0.05, 0) is 0 Å². The second-order valence-corrected chi connectivity index (χ2v) is 2.08. The number of carbonyl (C=O) groups is 2. The van der Waals surface area contributed by atoms with Crippen LogP contribution in [-0.4, -0.2) is 34.7 Å². The zero-order valence-corrected chi connectivity index (χ0v) is 5.39. The minimum atomic E-state index is -1.41. The van der Waals surface area contributed by atoms with Crippen LogP contribution in [0, 0.1) is 0 Å². The van der Waals surface area contributed by atoms with Crippen LogP contribution in [0.15, 0.2) is 0 Å². The van der Waals surface area contributed by atoms with Crippen molar-refractivity contribution >= 4 is 12.3 Å².